The molecular formula is C15H21N3O. The number of nitrogens with zero attached hydrogens (tertiary/aromatic N) is 1. The van der Waals surface area contributed by atoms with Gasteiger partial charge >= 0.3 is 6.03 Å². The smallest absolute Gasteiger partial charge is 0.312 e. The lowest BCUT2D eigenvalue weighted by atomic mass is 10.1. The van der Waals surface area contributed by atoms with E-state index in [4.69, 9.17) is 5.73 Å². The second kappa shape index (κ2) is 5.11. The third-order valence-electron chi connectivity index (χ3n) is 4.24. The maximum Gasteiger partial charge on any atom is 0.312 e. The van der Waals surface area contributed by atoms with Crippen LogP contribution in [-0.2, 0) is 6.42 Å². The van der Waals surface area contributed by atoms with Crippen LogP contribution >= 0.6 is 0 Å². The fraction of sp³-hybridized carbons (Fsp3) is 0.533. The predicted octanol–water partition coefficient (Wildman–Crippen LogP) is 2.33. The Bertz CT molecular complexity index is 480. The molecule has 0 unspecified atom stereocenters. The van der Waals surface area contributed by atoms with Crippen LogP contribution in [0.15, 0.2) is 18.2 Å². The molecule has 0 spiro atoms. The van der Waals surface area contributed by atoms with Crippen LogP contribution < -0.4 is 16.0 Å². The van der Waals surface area contributed by atoms with E-state index in [-0.39, 0.29) is 6.04 Å². The first-order valence-electron chi connectivity index (χ1n) is 7.18. The Kier molecular flexibility index (Phi) is 3.32. The van der Waals surface area contributed by atoms with Gasteiger partial charge in [-0.3, -0.25) is 0 Å². The largest absolute Gasteiger partial charge is 0.372 e. The monoisotopic (exact) mass is 259 g/mol. The first-order valence-corrected chi connectivity index (χ1v) is 7.18. The summed E-state index contributed by atoms with van der Waals surface area (Å²) in [5, 5.41) is 2.82. The first-order chi connectivity index (χ1) is 9.24. The highest BCUT2D eigenvalue weighted by atomic mass is 16.2. The summed E-state index contributed by atoms with van der Waals surface area (Å²) in [4.78, 5) is 13.5. The van der Waals surface area contributed by atoms with Crippen molar-refractivity contribution in [3.05, 3.63) is 29.3 Å². The van der Waals surface area contributed by atoms with Gasteiger partial charge < -0.3 is 16.0 Å². The molecule has 3 N–H and O–H groups in total. The molecule has 102 valence electrons. The number of aryl methyl sites for hydroxylation is 1. The van der Waals surface area contributed by atoms with Gasteiger partial charge in [-0.05, 0) is 55.4 Å². The van der Waals surface area contributed by atoms with Crippen molar-refractivity contribution in [3.8, 4) is 0 Å². The summed E-state index contributed by atoms with van der Waals surface area (Å²) in [6, 6.07) is 6.31. The van der Waals surface area contributed by atoms with Gasteiger partial charge in [-0.25, -0.2) is 4.79 Å². The van der Waals surface area contributed by atoms with E-state index < -0.39 is 6.03 Å². The van der Waals surface area contributed by atoms with Gasteiger partial charge in [-0.2, -0.15) is 0 Å². The molecule has 1 aromatic carbocycles. The van der Waals surface area contributed by atoms with Crippen molar-refractivity contribution >= 4 is 11.7 Å². The molecule has 1 aliphatic carbocycles. The maximum atomic E-state index is 11.0. The number of urea groups is 1. The first kappa shape index (κ1) is 12.3. The van der Waals surface area contributed by atoms with Crippen molar-refractivity contribution in [1.82, 2.24) is 5.32 Å². The molecule has 1 fully saturated rings. The molecule has 19 heavy (non-hydrogen) atoms. The van der Waals surface area contributed by atoms with Gasteiger partial charge in [0.25, 0.3) is 0 Å². The van der Waals surface area contributed by atoms with E-state index in [9.17, 15) is 4.79 Å². The van der Waals surface area contributed by atoms with Crippen molar-refractivity contribution < 1.29 is 4.79 Å². The van der Waals surface area contributed by atoms with Gasteiger partial charge in [0.15, 0.2) is 0 Å². The number of amides is 2. The normalized spacial score (nSPS) is 22.1. The van der Waals surface area contributed by atoms with Crippen molar-refractivity contribution in [1.29, 1.82) is 0 Å². The molecule has 0 aromatic heterocycles. The molecule has 2 amide bonds. The summed E-state index contributed by atoms with van der Waals surface area (Å²) in [5.74, 6) is 0. The molecule has 1 aliphatic heterocycles. The summed E-state index contributed by atoms with van der Waals surface area (Å²) in [6.07, 6.45) is 5.93. The molecule has 3 rings (SSSR count). The van der Waals surface area contributed by atoms with Crippen LogP contribution in [0.4, 0.5) is 10.5 Å². The van der Waals surface area contributed by atoms with E-state index in [1.807, 2.05) is 0 Å². The number of anilines is 1. The quantitative estimate of drug-likeness (QED) is 0.856. The SMILES string of the molecule is NC(=O)N[C@@H]1CCc2cc(N3CCCCC3)ccc21. The lowest BCUT2D eigenvalue weighted by Crippen LogP contribution is -2.32. The maximum absolute atomic E-state index is 11.0. The highest BCUT2D eigenvalue weighted by Gasteiger charge is 2.24. The minimum absolute atomic E-state index is 0.0999. The number of nitrogens with two attached hydrogens (primary N) is 1. The molecule has 1 saturated heterocycles. The zero-order valence-corrected chi connectivity index (χ0v) is 11.2. The highest BCUT2D eigenvalue weighted by Crippen LogP contribution is 2.34. The number of hydrogen-bond acceptors (Lipinski definition) is 2. The summed E-state index contributed by atoms with van der Waals surface area (Å²) in [7, 11) is 0. The number of primary amides is 1. The van der Waals surface area contributed by atoms with Gasteiger partial charge in [0.1, 0.15) is 0 Å². The second-order valence-electron chi connectivity index (χ2n) is 5.53. The number of fused-ring (bicyclic) bond motifs is 1. The summed E-state index contributed by atoms with van der Waals surface area (Å²) >= 11 is 0. The van der Waals surface area contributed by atoms with Crippen LogP contribution in [0.1, 0.15) is 42.9 Å². The molecule has 1 atom stereocenters. The van der Waals surface area contributed by atoms with E-state index in [0.29, 0.717) is 0 Å². The van der Waals surface area contributed by atoms with Crippen molar-refractivity contribution in [2.45, 2.75) is 38.1 Å². The van der Waals surface area contributed by atoms with Gasteiger partial charge in [0.2, 0.25) is 0 Å². The minimum atomic E-state index is -0.432. The Morgan fingerprint density at radius 3 is 2.79 bits per heavy atom. The minimum Gasteiger partial charge on any atom is -0.372 e. The molecule has 4 nitrogen and oxygen atoms in total. The van der Waals surface area contributed by atoms with Gasteiger partial charge in [-0.15, -0.1) is 0 Å². The molecule has 1 heterocycles. The van der Waals surface area contributed by atoms with Crippen molar-refractivity contribution in [2.24, 2.45) is 5.73 Å². The zero-order valence-electron chi connectivity index (χ0n) is 11.2. The highest BCUT2D eigenvalue weighted by molar-refractivity contribution is 5.72. The predicted molar refractivity (Wildman–Crippen MR) is 76.3 cm³/mol. The Morgan fingerprint density at radius 1 is 1.26 bits per heavy atom. The number of nitrogens with one attached hydrogen (secondary N) is 1. The molecule has 4 heteroatoms. The second-order valence-corrected chi connectivity index (χ2v) is 5.53. The van der Waals surface area contributed by atoms with Gasteiger partial charge in [0, 0.05) is 18.8 Å². The Morgan fingerprint density at radius 2 is 2.05 bits per heavy atom. The van der Waals surface area contributed by atoms with E-state index >= 15 is 0 Å². The standard InChI is InChI=1S/C15H21N3O/c16-15(19)17-14-7-4-11-10-12(5-6-13(11)14)18-8-2-1-3-9-18/h5-6,10,14H,1-4,7-9H2,(H3,16,17,19)/t14-/m1/s1. The third-order valence-corrected chi connectivity index (χ3v) is 4.24. The van der Waals surface area contributed by atoms with Crippen LogP contribution in [0.5, 0.6) is 0 Å². The number of hydrogen-bond donors (Lipinski definition) is 2. The number of rotatable bonds is 2. The van der Waals surface area contributed by atoms with Crippen molar-refractivity contribution in [3.63, 3.8) is 0 Å². The van der Waals surface area contributed by atoms with Crippen LogP contribution in [0.25, 0.3) is 0 Å². The van der Waals surface area contributed by atoms with Crippen LogP contribution in [0, 0.1) is 0 Å². The van der Waals surface area contributed by atoms with E-state index in [1.165, 1.54) is 49.2 Å². The summed E-state index contributed by atoms with van der Waals surface area (Å²) < 4.78 is 0. The van der Waals surface area contributed by atoms with E-state index in [0.717, 1.165) is 12.8 Å². The zero-order chi connectivity index (χ0) is 13.2. The van der Waals surface area contributed by atoms with E-state index in [1.54, 1.807) is 0 Å². The summed E-state index contributed by atoms with van der Waals surface area (Å²) in [5.41, 5.74) is 9.15. The lowest BCUT2D eigenvalue weighted by Gasteiger charge is -2.29. The number of piperidine rings is 1. The van der Waals surface area contributed by atoms with E-state index in [2.05, 4.69) is 28.4 Å². The lowest BCUT2D eigenvalue weighted by molar-refractivity contribution is 0.245. The van der Waals surface area contributed by atoms with Gasteiger partial charge in [0.05, 0.1) is 6.04 Å². The Hall–Kier alpha value is -1.71. The van der Waals surface area contributed by atoms with Crippen molar-refractivity contribution in [2.75, 3.05) is 18.0 Å². The number of benzene rings is 1. The number of carbonyl (C=O) groups excluding carboxylic acids is 1. The molecular weight excluding hydrogens is 238 g/mol. The Labute approximate surface area is 114 Å². The topological polar surface area (TPSA) is 58.4 Å². The number of carbonyl (C=O) groups is 1. The molecule has 0 saturated carbocycles. The summed E-state index contributed by atoms with van der Waals surface area (Å²) in [6.45, 7) is 2.34. The Balaban J connectivity index is 1.79. The van der Waals surface area contributed by atoms with Crippen LogP contribution in [0.3, 0.4) is 0 Å². The fourth-order valence-electron chi connectivity index (χ4n) is 3.27. The van der Waals surface area contributed by atoms with Gasteiger partial charge in [-0.1, -0.05) is 6.07 Å². The fourth-order valence-corrected chi connectivity index (χ4v) is 3.27. The molecule has 0 bridgehead atoms. The molecule has 0 radical (unpaired) electrons. The molecule has 1 aromatic rings. The van der Waals surface area contributed by atoms with Crippen LogP contribution in [-0.4, -0.2) is 19.1 Å². The van der Waals surface area contributed by atoms with Crippen LogP contribution in [0.2, 0.25) is 0 Å². The average Bonchev–Trinajstić information content (AvgIpc) is 2.81. The average molecular weight is 259 g/mol. The third kappa shape index (κ3) is 2.53. The molecule has 2 aliphatic rings.